The van der Waals surface area contributed by atoms with Crippen LogP contribution in [-0.2, 0) is 9.47 Å². The molecule has 17 heavy (non-hydrogen) atoms. The molecule has 0 heterocycles. The highest BCUT2D eigenvalue weighted by Gasteiger charge is 2.15. The molecule has 5 heteroatoms. The second kappa shape index (κ2) is 8.31. The summed E-state index contributed by atoms with van der Waals surface area (Å²) in [5.41, 5.74) is -0.435. The molecule has 0 rings (SSSR count). The van der Waals surface area contributed by atoms with Crippen molar-refractivity contribution in [2.45, 2.75) is 45.8 Å². The molecular formula is C12H26N2O3. The Labute approximate surface area is 104 Å². The van der Waals surface area contributed by atoms with Crippen LogP contribution in [0.25, 0.3) is 0 Å². The van der Waals surface area contributed by atoms with Crippen LogP contribution in [-0.4, -0.2) is 44.5 Å². The van der Waals surface area contributed by atoms with Crippen molar-refractivity contribution in [2.75, 3.05) is 26.8 Å². The van der Waals surface area contributed by atoms with Gasteiger partial charge in [-0.2, -0.15) is 0 Å². The Balaban J connectivity index is 3.43. The molecule has 0 fully saturated rings. The van der Waals surface area contributed by atoms with Crippen LogP contribution in [0.15, 0.2) is 0 Å². The van der Waals surface area contributed by atoms with Crippen LogP contribution >= 0.6 is 0 Å². The zero-order valence-electron chi connectivity index (χ0n) is 11.6. The van der Waals surface area contributed by atoms with Gasteiger partial charge in [-0.15, -0.1) is 0 Å². The summed E-state index contributed by atoms with van der Waals surface area (Å²) < 4.78 is 10.1. The first-order valence-electron chi connectivity index (χ1n) is 6.04. The first-order chi connectivity index (χ1) is 7.85. The van der Waals surface area contributed by atoms with Crippen molar-refractivity contribution in [3.63, 3.8) is 0 Å². The minimum Gasteiger partial charge on any atom is -0.444 e. The highest BCUT2D eigenvalue weighted by molar-refractivity contribution is 5.67. The third kappa shape index (κ3) is 11.5. The largest absolute Gasteiger partial charge is 0.444 e. The van der Waals surface area contributed by atoms with Gasteiger partial charge in [0.15, 0.2) is 0 Å². The molecule has 1 atom stereocenters. The molecule has 0 aliphatic carbocycles. The number of amides is 1. The van der Waals surface area contributed by atoms with E-state index in [9.17, 15) is 4.79 Å². The van der Waals surface area contributed by atoms with E-state index in [2.05, 4.69) is 17.6 Å². The van der Waals surface area contributed by atoms with Crippen molar-refractivity contribution in [3.8, 4) is 0 Å². The van der Waals surface area contributed by atoms with Crippen LogP contribution in [0.3, 0.4) is 0 Å². The van der Waals surface area contributed by atoms with Crippen LogP contribution in [0, 0.1) is 0 Å². The molecule has 0 aromatic rings. The van der Waals surface area contributed by atoms with Gasteiger partial charge < -0.3 is 20.1 Å². The van der Waals surface area contributed by atoms with Gasteiger partial charge in [-0.3, -0.25) is 0 Å². The van der Waals surface area contributed by atoms with Crippen molar-refractivity contribution < 1.29 is 14.3 Å². The van der Waals surface area contributed by atoms with E-state index in [0.29, 0.717) is 19.2 Å². The highest BCUT2D eigenvalue weighted by atomic mass is 16.6. The van der Waals surface area contributed by atoms with Gasteiger partial charge in [0.1, 0.15) is 5.60 Å². The lowest BCUT2D eigenvalue weighted by molar-refractivity contribution is 0.0527. The number of ether oxygens (including phenoxy) is 2. The third-order valence-corrected chi connectivity index (χ3v) is 1.93. The van der Waals surface area contributed by atoms with Gasteiger partial charge in [0.05, 0.1) is 6.61 Å². The minimum atomic E-state index is -0.435. The number of hydrogen-bond acceptors (Lipinski definition) is 4. The lowest BCUT2D eigenvalue weighted by Crippen LogP contribution is -2.35. The van der Waals surface area contributed by atoms with Crippen molar-refractivity contribution >= 4 is 6.09 Å². The summed E-state index contributed by atoms with van der Waals surface area (Å²) in [5, 5.41) is 6.00. The Kier molecular flexibility index (Phi) is 7.91. The highest BCUT2D eigenvalue weighted by Crippen LogP contribution is 2.06. The van der Waals surface area contributed by atoms with E-state index in [4.69, 9.17) is 9.47 Å². The molecule has 0 bridgehead atoms. The summed E-state index contributed by atoms with van der Waals surface area (Å²) in [6.07, 6.45) is 0.509. The molecule has 1 amide bonds. The fraction of sp³-hybridized carbons (Fsp3) is 0.917. The molecule has 0 radical (unpaired) electrons. The average Bonchev–Trinajstić information content (AvgIpc) is 2.14. The molecule has 5 nitrogen and oxygen atoms in total. The third-order valence-electron chi connectivity index (χ3n) is 1.93. The molecule has 102 valence electrons. The smallest absolute Gasteiger partial charge is 0.407 e. The van der Waals surface area contributed by atoms with Crippen LogP contribution < -0.4 is 10.6 Å². The molecule has 0 aromatic heterocycles. The van der Waals surface area contributed by atoms with E-state index in [1.165, 1.54) is 0 Å². The Morgan fingerprint density at radius 3 is 2.47 bits per heavy atom. The number of carbonyl (C=O) groups excluding carboxylic acids is 1. The van der Waals surface area contributed by atoms with Crippen LogP contribution in [0.5, 0.6) is 0 Å². The van der Waals surface area contributed by atoms with E-state index in [1.54, 1.807) is 7.11 Å². The standard InChI is InChI=1S/C12H26N2O3/c1-10(9-16-5)13-7-6-8-14-11(15)17-12(2,3)4/h10,13H,6-9H2,1-5H3,(H,14,15). The second-order valence-electron chi connectivity index (χ2n) is 5.09. The van der Waals surface area contributed by atoms with Gasteiger partial charge in [-0.25, -0.2) is 4.79 Å². The van der Waals surface area contributed by atoms with Crippen molar-refractivity contribution in [2.24, 2.45) is 0 Å². The molecule has 0 aliphatic rings. The average molecular weight is 246 g/mol. The normalized spacial score (nSPS) is 13.2. The monoisotopic (exact) mass is 246 g/mol. The predicted molar refractivity (Wildman–Crippen MR) is 68.2 cm³/mol. The van der Waals surface area contributed by atoms with Crippen LogP contribution in [0.2, 0.25) is 0 Å². The van der Waals surface area contributed by atoms with E-state index in [0.717, 1.165) is 13.0 Å². The molecule has 0 saturated carbocycles. The van der Waals surface area contributed by atoms with Gasteiger partial charge >= 0.3 is 6.09 Å². The van der Waals surface area contributed by atoms with E-state index in [1.807, 2.05) is 20.8 Å². The first kappa shape index (κ1) is 16.2. The SMILES string of the molecule is COCC(C)NCCCNC(=O)OC(C)(C)C. The Morgan fingerprint density at radius 1 is 1.29 bits per heavy atom. The lowest BCUT2D eigenvalue weighted by Gasteiger charge is -2.19. The summed E-state index contributed by atoms with van der Waals surface area (Å²) in [5.74, 6) is 0. The quantitative estimate of drug-likeness (QED) is 0.669. The number of carbonyl (C=O) groups is 1. The number of nitrogens with one attached hydrogen (secondary N) is 2. The Hall–Kier alpha value is -0.810. The summed E-state index contributed by atoms with van der Waals surface area (Å²) in [6, 6.07) is 0.335. The zero-order valence-corrected chi connectivity index (χ0v) is 11.6. The molecule has 1 unspecified atom stereocenters. The maximum absolute atomic E-state index is 11.3. The van der Waals surface area contributed by atoms with Crippen LogP contribution in [0.4, 0.5) is 4.79 Å². The number of hydrogen-bond donors (Lipinski definition) is 2. The first-order valence-corrected chi connectivity index (χ1v) is 6.04. The fourth-order valence-electron chi connectivity index (χ4n) is 1.25. The van der Waals surface area contributed by atoms with Crippen molar-refractivity contribution in [3.05, 3.63) is 0 Å². The Morgan fingerprint density at radius 2 is 1.94 bits per heavy atom. The van der Waals surface area contributed by atoms with Gasteiger partial charge in [0.25, 0.3) is 0 Å². The number of methoxy groups -OCH3 is 1. The summed E-state index contributed by atoms with van der Waals surface area (Å²) in [7, 11) is 1.68. The molecule has 0 aliphatic heterocycles. The van der Waals surface area contributed by atoms with Gasteiger partial charge in [-0.1, -0.05) is 0 Å². The summed E-state index contributed by atoms with van der Waals surface area (Å²) in [4.78, 5) is 11.3. The van der Waals surface area contributed by atoms with Crippen molar-refractivity contribution in [1.29, 1.82) is 0 Å². The van der Waals surface area contributed by atoms with E-state index in [-0.39, 0.29) is 6.09 Å². The van der Waals surface area contributed by atoms with Gasteiger partial charge in [0.2, 0.25) is 0 Å². The summed E-state index contributed by atoms with van der Waals surface area (Å²) >= 11 is 0. The number of alkyl carbamates (subject to hydrolysis) is 1. The minimum absolute atomic E-state index is 0.335. The van der Waals surface area contributed by atoms with E-state index < -0.39 is 5.60 Å². The zero-order chi connectivity index (χ0) is 13.3. The maximum atomic E-state index is 11.3. The Bertz CT molecular complexity index is 214. The van der Waals surface area contributed by atoms with Gasteiger partial charge in [0, 0.05) is 19.7 Å². The van der Waals surface area contributed by atoms with Crippen molar-refractivity contribution in [1.82, 2.24) is 10.6 Å². The topological polar surface area (TPSA) is 59.6 Å². The van der Waals surface area contributed by atoms with E-state index >= 15 is 0 Å². The maximum Gasteiger partial charge on any atom is 0.407 e. The molecule has 0 saturated heterocycles. The van der Waals surface area contributed by atoms with Crippen LogP contribution in [0.1, 0.15) is 34.1 Å². The predicted octanol–water partition coefficient (Wildman–Crippen LogP) is 1.53. The van der Waals surface area contributed by atoms with Gasteiger partial charge in [-0.05, 0) is 40.7 Å². The number of rotatable bonds is 7. The lowest BCUT2D eigenvalue weighted by atomic mass is 10.2. The fourth-order valence-corrected chi connectivity index (χ4v) is 1.25. The second-order valence-corrected chi connectivity index (χ2v) is 5.09. The molecule has 2 N–H and O–H groups in total. The summed E-state index contributed by atoms with van der Waals surface area (Å²) in [6.45, 7) is 9.76. The molecule has 0 aromatic carbocycles. The molecular weight excluding hydrogens is 220 g/mol. The molecule has 0 spiro atoms.